The fraction of sp³-hybridized carbons (Fsp3) is 0.455. The van der Waals surface area contributed by atoms with Gasteiger partial charge in [0, 0.05) is 12.5 Å². The van der Waals surface area contributed by atoms with Crippen LogP contribution in [-0.2, 0) is 28.4 Å². The SMILES string of the molecule is C#CC1(n2c(Cl)cc(N)nc2=O)CCC(COP(=O)(O)OP(=O)(O)O)O1. The molecular weight excluding hydrogens is 416 g/mol. The molecule has 1 fully saturated rings. The van der Waals surface area contributed by atoms with Gasteiger partial charge in [0.2, 0.25) is 5.72 Å². The average Bonchev–Trinajstić information content (AvgIpc) is 2.86. The minimum absolute atomic E-state index is 0.0812. The second-order valence-corrected chi connectivity index (χ2v) is 8.38. The quantitative estimate of drug-likeness (QED) is 0.274. The maximum Gasteiger partial charge on any atom is 0.481 e. The summed E-state index contributed by atoms with van der Waals surface area (Å²) < 4.78 is 36.7. The Hall–Kier alpha value is -1.25. The zero-order chi connectivity index (χ0) is 19.8. The standard InChI is InChI=1S/C11H14ClN3O9P2/c1-2-11(15-8(12)5-9(13)14-10(15)16)4-3-7(23-11)6-22-26(20,21)24-25(17,18)19/h1,5,7H,3-4,6H2,(H,20,21)(H2,13,14,16)(H2,17,18,19). The second kappa shape index (κ2) is 7.40. The Balaban J connectivity index is 2.16. The molecule has 12 nitrogen and oxygen atoms in total. The van der Waals surface area contributed by atoms with Gasteiger partial charge in [-0.15, -0.1) is 6.42 Å². The smallest absolute Gasteiger partial charge is 0.383 e. The van der Waals surface area contributed by atoms with E-state index in [-0.39, 0.29) is 23.8 Å². The molecule has 0 aromatic carbocycles. The first kappa shape index (κ1) is 21.1. The number of nitrogen functional groups attached to an aromatic ring is 1. The molecule has 0 bridgehead atoms. The van der Waals surface area contributed by atoms with Crippen LogP contribution in [0.4, 0.5) is 5.82 Å². The monoisotopic (exact) mass is 429 g/mol. The van der Waals surface area contributed by atoms with E-state index in [9.17, 15) is 18.8 Å². The molecule has 0 aliphatic carbocycles. The molecule has 1 saturated heterocycles. The Morgan fingerprint density at radius 1 is 1.54 bits per heavy atom. The highest BCUT2D eigenvalue weighted by Gasteiger charge is 2.44. The van der Waals surface area contributed by atoms with Gasteiger partial charge in [0.05, 0.1) is 12.7 Å². The zero-order valence-corrected chi connectivity index (χ0v) is 15.4. The summed E-state index contributed by atoms with van der Waals surface area (Å²) in [7, 11) is -10.3. The third-order valence-electron chi connectivity index (χ3n) is 3.28. The minimum Gasteiger partial charge on any atom is -0.383 e. The Morgan fingerprint density at radius 3 is 2.73 bits per heavy atom. The van der Waals surface area contributed by atoms with Crippen LogP contribution in [0.1, 0.15) is 12.8 Å². The molecular formula is C11H14ClN3O9P2. The topological polar surface area (TPSA) is 183 Å². The van der Waals surface area contributed by atoms with Crippen molar-refractivity contribution in [3.8, 4) is 12.3 Å². The van der Waals surface area contributed by atoms with Crippen LogP contribution in [0, 0.1) is 12.3 Å². The normalized spacial score (nSPS) is 25.6. The fourth-order valence-corrected chi connectivity index (χ4v) is 4.27. The first-order valence-electron chi connectivity index (χ1n) is 6.83. The Morgan fingerprint density at radius 2 is 2.19 bits per heavy atom. The number of nitrogens with zero attached hydrogens (tertiary/aromatic N) is 2. The van der Waals surface area contributed by atoms with E-state index in [1.54, 1.807) is 0 Å². The van der Waals surface area contributed by atoms with Crippen LogP contribution in [0.2, 0.25) is 5.15 Å². The van der Waals surface area contributed by atoms with Crippen molar-refractivity contribution in [2.24, 2.45) is 0 Å². The van der Waals surface area contributed by atoms with Crippen molar-refractivity contribution in [3.05, 3.63) is 21.7 Å². The number of hydrogen-bond acceptors (Lipinski definition) is 8. The van der Waals surface area contributed by atoms with E-state index in [0.29, 0.717) is 0 Å². The van der Waals surface area contributed by atoms with E-state index in [2.05, 4.69) is 19.7 Å². The van der Waals surface area contributed by atoms with Crippen molar-refractivity contribution < 1.29 is 37.4 Å². The number of ether oxygens (including phenoxy) is 1. The van der Waals surface area contributed by atoms with E-state index < -0.39 is 39.8 Å². The largest absolute Gasteiger partial charge is 0.481 e. The lowest BCUT2D eigenvalue weighted by molar-refractivity contribution is -0.0714. The van der Waals surface area contributed by atoms with Gasteiger partial charge in [0.25, 0.3) is 0 Å². The van der Waals surface area contributed by atoms with E-state index in [1.165, 1.54) is 6.07 Å². The summed E-state index contributed by atoms with van der Waals surface area (Å²) in [6, 6.07) is 1.20. The van der Waals surface area contributed by atoms with E-state index in [4.69, 9.17) is 38.3 Å². The summed E-state index contributed by atoms with van der Waals surface area (Å²) in [6.07, 6.45) is 4.84. The summed E-state index contributed by atoms with van der Waals surface area (Å²) in [5.74, 6) is 2.18. The van der Waals surface area contributed by atoms with Crippen LogP contribution < -0.4 is 11.4 Å². The number of aromatic nitrogens is 2. The molecule has 2 rings (SSSR count). The molecule has 0 spiro atoms. The number of anilines is 1. The summed E-state index contributed by atoms with van der Waals surface area (Å²) in [6.45, 7) is -0.591. The van der Waals surface area contributed by atoms with Gasteiger partial charge < -0.3 is 25.2 Å². The van der Waals surface area contributed by atoms with Gasteiger partial charge in [0.15, 0.2) is 0 Å². The van der Waals surface area contributed by atoms with Gasteiger partial charge in [-0.3, -0.25) is 4.52 Å². The number of halogens is 1. The molecule has 26 heavy (non-hydrogen) atoms. The number of nitrogens with two attached hydrogens (primary N) is 1. The summed E-state index contributed by atoms with van der Waals surface area (Å²) in [4.78, 5) is 42.0. The molecule has 1 aromatic rings. The highest BCUT2D eigenvalue weighted by atomic mass is 35.5. The van der Waals surface area contributed by atoms with Crippen LogP contribution in [-0.4, -0.2) is 36.9 Å². The van der Waals surface area contributed by atoms with Crippen molar-refractivity contribution in [3.63, 3.8) is 0 Å². The van der Waals surface area contributed by atoms with Gasteiger partial charge in [-0.1, -0.05) is 11.6 Å². The van der Waals surface area contributed by atoms with E-state index in [0.717, 1.165) is 4.57 Å². The van der Waals surface area contributed by atoms with Gasteiger partial charge >= 0.3 is 21.3 Å². The Kier molecular flexibility index (Phi) is 5.99. The van der Waals surface area contributed by atoms with Gasteiger partial charge in [-0.25, -0.2) is 18.5 Å². The molecule has 0 amide bonds. The molecule has 1 aromatic heterocycles. The lowest BCUT2D eigenvalue weighted by atomic mass is 10.1. The highest BCUT2D eigenvalue weighted by molar-refractivity contribution is 7.60. The van der Waals surface area contributed by atoms with Gasteiger partial charge in [0.1, 0.15) is 11.0 Å². The van der Waals surface area contributed by atoms with Crippen LogP contribution in [0.25, 0.3) is 0 Å². The predicted molar refractivity (Wildman–Crippen MR) is 87.7 cm³/mol. The molecule has 0 radical (unpaired) electrons. The molecule has 3 atom stereocenters. The van der Waals surface area contributed by atoms with E-state index in [1.807, 2.05) is 0 Å². The van der Waals surface area contributed by atoms with Crippen molar-refractivity contribution in [1.29, 1.82) is 0 Å². The maximum absolute atomic E-state index is 12.1. The van der Waals surface area contributed by atoms with Crippen molar-refractivity contribution in [2.45, 2.75) is 24.7 Å². The molecule has 144 valence electrons. The molecule has 2 heterocycles. The molecule has 0 saturated carbocycles. The molecule has 5 N–H and O–H groups in total. The van der Waals surface area contributed by atoms with Crippen LogP contribution in [0.3, 0.4) is 0 Å². The first-order chi connectivity index (χ1) is 11.9. The minimum atomic E-state index is -5.24. The van der Waals surface area contributed by atoms with Crippen molar-refractivity contribution >= 4 is 33.1 Å². The van der Waals surface area contributed by atoms with Crippen LogP contribution in [0.15, 0.2) is 10.9 Å². The van der Waals surface area contributed by atoms with Crippen molar-refractivity contribution in [1.82, 2.24) is 9.55 Å². The number of terminal acetylenes is 1. The lowest BCUT2D eigenvalue weighted by Crippen LogP contribution is -2.42. The third kappa shape index (κ3) is 4.92. The molecule has 1 aliphatic heterocycles. The van der Waals surface area contributed by atoms with Gasteiger partial charge in [-0.05, 0) is 12.3 Å². The number of rotatable bonds is 6. The number of hydrogen-bond donors (Lipinski definition) is 4. The van der Waals surface area contributed by atoms with Crippen LogP contribution >= 0.6 is 27.2 Å². The maximum atomic E-state index is 12.1. The summed E-state index contributed by atoms with van der Waals surface area (Å²) in [5.41, 5.74) is 2.94. The molecule has 15 heteroatoms. The molecule has 3 unspecified atom stereocenters. The molecule has 1 aliphatic rings. The zero-order valence-electron chi connectivity index (χ0n) is 12.9. The van der Waals surface area contributed by atoms with Crippen LogP contribution in [0.5, 0.6) is 0 Å². The first-order valence-corrected chi connectivity index (χ1v) is 10.2. The number of phosphoric acid groups is 2. The number of phosphoric ester groups is 1. The Labute approximate surface area is 151 Å². The second-order valence-electron chi connectivity index (χ2n) is 5.17. The van der Waals surface area contributed by atoms with Crippen molar-refractivity contribution in [2.75, 3.05) is 12.3 Å². The highest BCUT2D eigenvalue weighted by Crippen LogP contribution is 2.57. The van der Waals surface area contributed by atoms with Gasteiger partial charge in [-0.2, -0.15) is 9.29 Å². The third-order valence-corrected chi connectivity index (χ3v) is 5.71. The average molecular weight is 430 g/mol. The summed E-state index contributed by atoms with van der Waals surface area (Å²) in [5, 5.41) is -0.125. The summed E-state index contributed by atoms with van der Waals surface area (Å²) >= 11 is 6.00. The predicted octanol–water partition coefficient (Wildman–Crippen LogP) is 0.170. The lowest BCUT2D eigenvalue weighted by Gasteiger charge is -2.27. The fourth-order valence-electron chi connectivity index (χ4n) is 2.34. The Bertz CT molecular complexity index is 894. The van der Waals surface area contributed by atoms with E-state index >= 15 is 0 Å².